The van der Waals surface area contributed by atoms with E-state index < -0.39 is 0 Å². The minimum absolute atomic E-state index is 0.0522. The lowest BCUT2D eigenvalue weighted by Gasteiger charge is -2.03. The fourth-order valence-electron chi connectivity index (χ4n) is 1.22. The Labute approximate surface area is 95.3 Å². The minimum Gasteiger partial charge on any atom is -0.464 e. The summed E-state index contributed by atoms with van der Waals surface area (Å²) in [5, 5.41) is 2.74. The third kappa shape index (κ3) is 4.25. The van der Waals surface area contributed by atoms with E-state index in [1.54, 1.807) is 12.4 Å². The molecule has 1 N–H and O–H groups in total. The second-order valence-electron chi connectivity index (χ2n) is 3.26. The van der Waals surface area contributed by atoms with Crippen LogP contribution in [0.3, 0.4) is 0 Å². The molecule has 0 radical (unpaired) electrons. The van der Waals surface area contributed by atoms with Crippen molar-refractivity contribution in [3.05, 3.63) is 18.0 Å². The molecular formula is C11H17N3O2. The molecule has 0 aliphatic heterocycles. The van der Waals surface area contributed by atoms with Gasteiger partial charge in [-0.3, -0.25) is 4.79 Å². The Morgan fingerprint density at radius 1 is 1.38 bits per heavy atom. The number of ether oxygens (including phenoxy) is 1. The van der Waals surface area contributed by atoms with Gasteiger partial charge in [0.15, 0.2) is 0 Å². The Bertz CT molecular complexity index is 325. The fourth-order valence-corrected chi connectivity index (χ4v) is 1.22. The molecule has 5 nitrogen and oxygen atoms in total. The maximum absolute atomic E-state index is 11.2. The summed E-state index contributed by atoms with van der Waals surface area (Å²) in [6, 6.07) is 0.379. The molecule has 0 saturated carbocycles. The lowest BCUT2D eigenvalue weighted by Crippen LogP contribution is -2.22. The first-order valence-corrected chi connectivity index (χ1v) is 5.46. The average molecular weight is 223 g/mol. The molecule has 88 valence electrons. The predicted molar refractivity (Wildman–Crippen MR) is 60.2 cm³/mol. The van der Waals surface area contributed by atoms with Crippen LogP contribution >= 0.6 is 0 Å². The highest BCUT2D eigenvalue weighted by Gasteiger charge is 2.02. The third-order valence-electron chi connectivity index (χ3n) is 1.97. The molecule has 0 fully saturated rings. The summed E-state index contributed by atoms with van der Waals surface area (Å²) in [4.78, 5) is 19.3. The van der Waals surface area contributed by atoms with Gasteiger partial charge in [-0.15, -0.1) is 0 Å². The summed E-state index contributed by atoms with van der Waals surface area (Å²) in [5.74, 6) is 0.0522. The third-order valence-corrected chi connectivity index (χ3v) is 1.97. The molecule has 0 unspecified atom stereocenters. The quantitative estimate of drug-likeness (QED) is 0.779. The summed E-state index contributed by atoms with van der Waals surface area (Å²) >= 11 is 0. The van der Waals surface area contributed by atoms with Crippen molar-refractivity contribution in [3.63, 3.8) is 0 Å². The molecule has 0 bridgehead atoms. The first-order chi connectivity index (χ1) is 7.76. The standard InChI is InChI=1S/C11H17N3O2/c1-3-12-10(15)6-5-9-7-13-11(14-8-9)16-4-2/h7-8H,3-6H2,1-2H3,(H,12,15). The normalized spacial score (nSPS) is 9.88. The van der Waals surface area contributed by atoms with Crippen molar-refractivity contribution in [1.82, 2.24) is 15.3 Å². The van der Waals surface area contributed by atoms with E-state index in [1.165, 1.54) is 0 Å². The molecule has 1 heterocycles. The molecule has 1 aromatic heterocycles. The Kier molecular flexibility index (Phi) is 5.25. The first-order valence-electron chi connectivity index (χ1n) is 5.46. The van der Waals surface area contributed by atoms with Crippen LogP contribution in [0.15, 0.2) is 12.4 Å². The van der Waals surface area contributed by atoms with Crippen LogP contribution in [0.25, 0.3) is 0 Å². The largest absolute Gasteiger partial charge is 0.464 e. The Hall–Kier alpha value is -1.65. The van der Waals surface area contributed by atoms with Crippen molar-refractivity contribution in [3.8, 4) is 6.01 Å². The summed E-state index contributed by atoms with van der Waals surface area (Å²) in [6.07, 6.45) is 4.50. The number of hydrogen-bond donors (Lipinski definition) is 1. The second-order valence-corrected chi connectivity index (χ2v) is 3.26. The first kappa shape index (κ1) is 12.4. The van der Waals surface area contributed by atoms with E-state index >= 15 is 0 Å². The van der Waals surface area contributed by atoms with Crippen molar-refractivity contribution in [2.24, 2.45) is 0 Å². The summed E-state index contributed by atoms with van der Waals surface area (Å²) < 4.78 is 5.12. The monoisotopic (exact) mass is 223 g/mol. The maximum atomic E-state index is 11.2. The molecule has 16 heavy (non-hydrogen) atoms. The average Bonchev–Trinajstić information content (AvgIpc) is 2.29. The Balaban J connectivity index is 2.40. The van der Waals surface area contributed by atoms with Crippen LogP contribution in [0.5, 0.6) is 6.01 Å². The summed E-state index contributed by atoms with van der Waals surface area (Å²) in [5.41, 5.74) is 0.940. The number of rotatable bonds is 6. The minimum atomic E-state index is 0.0522. The van der Waals surface area contributed by atoms with E-state index in [4.69, 9.17) is 4.74 Å². The molecule has 0 aromatic carbocycles. The molecule has 0 atom stereocenters. The van der Waals surface area contributed by atoms with Gasteiger partial charge in [-0.25, -0.2) is 9.97 Å². The Morgan fingerprint density at radius 3 is 2.62 bits per heavy atom. The number of aromatic nitrogens is 2. The van der Waals surface area contributed by atoms with Crippen LogP contribution < -0.4 is 10.1 Å². The highest BCUT2D eigenvalue weighted by atomic mass is 16.5. The van der Waals surface area contributed by atoms with E-state index in [-0.39, 0.29) is 5.91 Å². The number of aryl methyl sites for hydroxylation is 1. The van der Waals surface area contributed by atoms with Crippen LogP contribution in [-0.4, -0.2) is 29.0 Å². The van der Waals surface area contributed by atoms with Crippen molar-refractivity contribution >= 4 is 5.91 Å². The smallest absolute Gasteiger partial charge is 0.316 e. The maximum Gasteiger partial charge on any atom is 0.316 e. The van der Waals surface area contributed by atoms with Gasteiger partial charge < -0.3 is 10.1 Å². The zero-order valence-electron chi connectivity index (χ0n) is 9.69. The van der Waals surface area contributed by atoms with Crippen LogP contribution in [0.4, 0.5) is 0 Å². The van der Waals surface area contributed by atoms with Crippen LogP contribution in [0.1, 0.15) is 25.8 Å². The van der Waals surface area contributed by atoms with Gasteiger partial charge in [0.1, 0.15) is 0 Å². The fraction of sp³-hybridized carbons (Fsp3) is 0.545. The van der Waals surface area contributed by atoms with Gasteiger partial charge in [0.2, 0.25) is 5.91 Å². The number of carbonyl (C=O) groups is 1. The topological polar surface area (TPSA) is 64.1 Å². The van der Waals surface area contributed by atoms with Crippen molar-refractivity contribution in [2.75, 3.05) is 13.2 Å². The molecule has 1 aromatic rings. The summed E-state index contributed by atoms with van der Waals surface area (Å²) in [6.45, 7) is 5.00. The van der Waals surface area contributed by atoms with E-state index in [0.29, 0.717) is 32.0 Å². The summed E-state index contributed by atoms with van der Waals surface area (Å²) in [7, 11) is 0. The molecule has 1 amide bonds. The lowest BCUT2D eigenvalue weighted by molar-refractivity contribution is -0.120. The van der Waals surface area contributed by atoms with E-state index in [9.17, 15) is 4.79 Å². The predicted octanol–water partition coefficient (Wildman–Crippen LogP) is 0.944. The van der Waals surface area contributed by atoms with E-state index in [0.717, 1.165) is 5.56 Å². The zero-order valence-corrected chi connectivity index (χ0v) is 9.69. The molecule has 0 aliphatic rings. The molecule has 1 rings (SSSR count). The van der Waals surface area contributed by atoms with Gasteiger partial charge in [0.25, 0.3) is 0 Å². The number of nitrogens with zero attached hydrogens (tertiary/aromatic N) is 2. The van der Waals surface area contributed by atoms with E-state index in [1.807, 2.05) is 13.8 Å². The van der Waals surface area contributed by atoms with Crippen molar-refractivity contribution < 1.29 is 9.53 Å². The molecule has 0 aliphatic carbocycles. The molecule has 5 heteroatoms. The molecular weight excluding hydrogens is 206 g/mol. The molecule has 0 spiro atoms. The van der Waals surface area contributed by atoms with Crippen molar-refractivity contribution in [2.45, 2.75) is 26.7 Å². The second kappa shape index (κ2) is 6.76. The van der Waals surface area contributed by atoms with Crippen LogP contribution in [0.2, 0.25) is 0 Å². The van der Waals surface area contributed by atoms with E-state index in [2.05, 4.69) is 15.3 Å². The van der Waals surface area contributed by atoms with Gasteiger partial charge in [-0.1, -0.05) is 0 Å². The number of hydrogen-bond acceptors (Lipinski definition) is 4. The highest BCUT2D eigenvalue weighted by molar-refractivity contribution is 5.76. The number of amides is 1. The van der Waals surface area contributed by atoms with Gasteiger partial charge in [0.05, 0.1) is 6.61 Å². The number of nitrogens with one attached hydrogen (secondary N) is 1. The van der Waals surface area contributed by atoms with Crippen LogP contribution in [0, 0.1) is 0 Å². The zero-order chi connectivity index (χ0) is 11.8. The SMILES string of the molecule is CCNC(=O)CCc1cnc(OCC)nc1. The molecule has 0 saturated heterocycles. The number of carbonyl (C=O) groups excluding carboxylic acids is 1. The van der Waals surface area contributed by atoms with Gasteiger partial charge in [-0.05, 0) is 25.8 Å². The van der Waals surface area contributed by atoms with Gasteiger partial charge in [-0.2, -0.15) is 0 Å². The highest BCUT2D eigenvalue weighted by Crippen LogP contribution is 2.04. The van der Waals surface area contributed by atoms with Gasteiger partial charge in [0, 0.05) is 25.4 Å². The Morgan fingerprint density at radius 2 is 2.06 bits per heavy atom. The lowest BCUT2D eigenvalue weighted by atomic mass is 10.2. The van der Waals surface area contributed by atoms with Gasteiger partial charge >= 0.3 is 6.01 Å². The van der Waals surface area contributed by atoms with Crippen molar-refractivity contribution in [1.29, 1.82) is 0 Å². The van der Waals surface area contributed by atoms with Crippen LogP contribution in [-0.2, 0) is 11.2 Å².